The number of urea groups is 1. The van der Waals surface area contributed by atoms with Gasteiger partial charge in [0.05, 0.1) is 16.6 Å². The van der Waals surface area contributed by atoms with Gasteiger partial charge in [0.15, 0.2) is 0 Å². The quantitative estimate of drug-likeness (QED) is 0.726. The van der Waals surface area contributed by atoms with Gasteiger partial charge in [0, 0.05) is 17.9 Å². The number of amides is 2. The van der Waals surface area contributed by atoms with Crippen LogP contribution in [0.3, 0.4) is 0 Å². The van der Waals surface area contributed by atoms with Crippen molar-refractivity contribution in [3.63, 3.8) is 0 Å². The number of anilines is 1. The maximum atomic E-state index is 12.1. The summed E-state index contributed by atoms with van der Waals surface area (Å²) in [5.74, 6) is 0. The molecule has 0 saturated carbocycles. The normalized spacial score (nSPS) is 12.6. The molecule has 0 radical (unpaired) electrons. The highest BCUT2D eigenvalue weighted by Gasteiger charge is 2.13. The Morgan fingerprint density at radius 1 is 1.28 bits per heavy atom. The van der Waals surface area contributed by atoms with Gasteiger partial charge in [-0.15, -0.1) is 0 Å². The number of sulfonamides is 1. The summed E-state index contributed by atoms with van der Waals surface area (Å²) in [6, 6.07) is 7.61. The summed E-state index contributed by atoms with van der Waals surface area (Å²) < 4.78 is 27.7. The first-order valence-corrected chi connectivity index (χ1v) is 9.32. The first kappa shape index (κ1) is 18.9. The Labute approximate surface area is 147 Å². The minimum Gasteiger partial charge on any atom is -0.336 e. The minimum absolute atomic E-state index is 0.00421. The van der Waals surface area contributed by atoms with Gasteiger partial charge >= 0.3 is 6.03 Å². The number of aryl methyl sites for hydroxylation is 2. The van der Waals surface area contributed by atoms with E-state index >= 15 is 0 Å². The molecule has 136 valence electrons. The number of rotatable bonds is 6. The van der Waals surface area contributed by atoms with E-state index in [0.29, 0.717) is 12.2 Å². The predicted octanol–water partition coefficient (Wildman–Crippen LogP) is 1.79. The number of hydrogen-bond donors (Lipinski definition) is 3. The largest absolute Gasteiger partial charge is 0.336 e. The molecule has 2 rings (SSSR count). The van der Waals surface area contributed by atoms with Crippen molar-refractivity contribution in [2.75, 3.05) is 18.9 Å². The van der Waals surface area contributed by atoms with Crippen LogP contribution in [0, 0.1) is 13.8 Å². The van der Waals surface area contributed by atoms with Crippen LogP contribution >= 0.6 is 0 Å². The first-order chi connectivity index (χ1) is 11.7. The van der Waals surface area contributed by atoms with E-state index in [0.717, 1.165) is 11.4 Å². The number of nitrogens with one attached hydrogen (secondary N) is 3. The van der Waals surface area contributed by atoms with Crippen molar-refractivity contribution < 1.29 is 13.2 Å². The third-order valence-electron chi connectivity index (χ3n) is 3.69. The molecule has 3 N–H and O–H groups in total. The Balaban J connectivity index is 1.97. The number of hydrogen-bond acceptors (Lipinski definition) is 4. The van der Waals surface area contributed by atoms with Crippen LogP contribution in [0.5, 0.6) is 0 Å². The molecule has 1 aromatic heterocycles. The number of carbonyl (C=O) groups excluding carboxylic acids is 1. The van der Waals surface area contributed by atoms with Crippen LogP contribution in [0.25, 0.3) is 0 Å². The van der Waals surface area contributed by atoms with Crippen molar-refractivity contribution in [3.8, 4) is 0 Å². The van der Waals surface area contributed by atoms with Gasteiger partial charge in [0.2, 0.25) is 10.0 Å². The van der Waals surface area contributed by atoms with E-state index in [9.17, 15) is 13.2 Å². The summed E-state index contributed by atoms with van der Waals surface area (Å²) in [4.78, 5) is 12.1. The fraction of sp³-hybridized carbons (Fsp3) is 0.375. The molecule has 0 fully saturated rings. The molecular formula is C16H23N5O3S. The zero-order chi connectivity index (χ0) is 18.6. The van der Waals surface area contributed by atoms with Crippen LogP contribution in [0.1, 0.15) is 24.4 Å². The monoisotopic (exact) mass is 365 g/mol. The molecule has 25 heavy (non-hydrogen) atoms. The highest BCUT2D eigenvalue weighted by atomic mass is 32.2. The molecule has 1 atom stereocenters. The topological polar surface area (TPSA) is 105 Å². The summed E-state index contributed by atoms with van der Waals surface area (Å²) in [6.45, 7) is 6.23. The molecule has 1 aromatic carbocycles. The van der Waals surface area contributed by atoms with Crippen molar-refractivity contribution in [2.45, 2.75) is 31.7 Å². The Morgan fingerprint density at radius 2 is 2.00 bits per heavy atom. The van der Waals surface area contributed by atoms with Gasteiger partial charge in [-0.3, -0.25) is 4.68 Å². The van der Waals surface area contributed by atoms with Gasteiger partial charge in [-0.1, -0.05) is 6.07 Å². The molecule has 0 saturated heterocycles. The lowest BCUT2D eigenvalue weighted by Crippen LogP contribution is -2.33. The van der Waals surface area contributed by atoms with Gasteiger partial charge in [-0.25, -0.2) is 17.9 Å². The zero-order valence-corrected chi connectivity index (χ0v) is 15.5. The zero-order valence-electron chi connectivity index (χ0n) is 14.7. The molecule has 0 spiro atoms. The van der Waals surface area contributed by atoms with Crippen LogP contribution in [0.15, 0.2) is 35.2 Å². The van der Waals surface area contributed by atoms with Crippen molar-refractivity contribution in [2.24, 2.45) is 0 Å². The Bertz CT molecular complexity index is 860. The third-order valence-corrected chi connectivity index (χ3v) is 5.10. The Kier molecular flexibility index (Phi) is 5.81. The molecule has 2 aromatic rings. The molecule has 0 aliphatic heterocycles. The van der Waals surface area contributed by atoms with E-state index in [4.69, 9.17) is 0 Å². The van der Waals surface area contributed by atoms with Crippen LogP contribution < -0.4 is 15.4 Å². The molecule has 1 heterocycles. The van der Waals surface area contributed by atoms with Gasteiger partial charge in [-0.05, 0) is 52.1 Å². The highest BCUT2D eigenvalue weighted by Crippen LogP contribution is 2.15. The van der Waals surface area contributed by atoms with E-state index in [1.807, 2.05) is 31.5 Å². The van der Waals surface area contributed by atoms with E-state index < -0.39 is 16.1 Å². The second kappa shape index (κ2) is 7.66. The summed E-state index contributed by atoms with van der Waals surface area (Å²) in [7, 11) is -2.22. The predicted molar refractivity (Wildman–Crippen MR) is 96.1 cm³/mol. The van der Waals surface area contributed by atoms with Crippen LogP contribution in [-0.4, -0.2) is 37.8 Å². The summed E-state index contributed by atoms with van der Waals surface area (Å²) in [6.07, 6.45) is 0. The average molecular weight is 365 g/mol. The number of benzene rings is 1. The Hall–Kier alpha value is -2.39. The number of aromatic nitrogens is 2. The second-order valence-electron chi connectivity index (χ2n) is 5.79. The average Bonchev–Trinajstić information content (AvgIpc) is 2.91. The summed E-state index contributed by atoms with van der Waals surface area (Å²) >= 11 is 0. The smallest absolute Gasteiger partial charge is 0.319 e. The van der Waals surface area contributed by atoms with Crippen molar-refractivity contribution in [1.29, 1.82) is 0 Å². The number of carbonyl (C=O) groups is 1. The van der Waals surface area contributed by atoms with E-state index in [-0.39, 0.29) is 10.9 Å². The fourth-order valence-corrected chi connectivity index (χ4v) is 3.23. The van der Waals surface area contributed by atoms with Crippen LogP contribution in [0.4, 0.5) is 10.5 Å². The standard InChI is InChI=1S/C16H23N5O3S/c1-11-8-12(2)21(20-11)13(3)10-18-16(22)19-14-6-5-7-15(9-14)25(23,24)17-4/h5-9,13,17H,10H2,1-4H3,(H2,18,19,22)/t13-/m0/s1. The van der Waals surface area contributed by atoms with Crippen LogP contribution in [0.2, 0.25) is 0 Å². The van der Waals surface area contributed by atoms with Crippen molar-refractivity contribution >= 4 is 21.7 Å². The lowest BCUT2D eigenvalue weighted by atomic mass is 10.3. The molecule has 0 unspecified atom stereocenters. The van der Waals surface area contributed by atoms with Gasteiger partial charge in [0.25, 0.3) is 0 Å². The molecule has 0 bridgehead atoms. The third kappa shape index (κ3) is 4.80. The minimum atomic E-state index is -3.55. The maximum Gasteiger partial charge on any atom is 0.319 e. The SMILES string of the molecule is CNS(=O)(=O)c1cccc(NC(=O)NC[C@H](C)n2nc(C)cc2C)c1. The molecule has 2 amide bonds. The first-order valence-electron chi connectivity index (χ1n) is 7.84. The molecule has 0 aliphatic rings. The molecule has 9 heteroatoms. The van der Waals surface area contributed by atoms with Gasteiger partial charge in [0.1, 0.15) is 0 Å². The van der Waals surface area contributed by atoms with Gasteiger partial charge < -0.3 is 10.6 Å². The Morgan fingerprint density at radius 3 is 2.60 bits per heavy atom. The number of nitrogens with zero attached hydrogens (tertiary/aromatic N) is 2. The van der Waals surface area contributed by atoms with Crippen molar-refractivity contribution in [1.82, 2.24) is 19.8 Å². The van der Waals surface area contributed by atoms with E-state index in [2.05, 4.69) is 20.5 Å². The highest BCUT2D eigenvalue weighted by molar-refractivity contribution is 7.89. The molecule has 0 aliphatic carbocycles. The second-order valence-corrected chi connectivity index (χ2v) is 7.68. The summed E-state index contributed by atoms with van der Waals surface area (Å²) in [5.41, 5.74) is 2.35. The van der Waals surface area contributed by atoms with Crippen molar-refractivity contribution in [3.05, 3.63) is 41.7 Å². The van der Waals surface area contributed by atoms with Crippen LogP contribution in [-0.2, 0) is 10.0 Å². The fourth-order valence-electron chi connectivity index (χ4n) is 2.45. The lowest BCUT2D eigenvalue weighted by Gasteiger charge is -2.16. The molecular weight excluding hydrogens is 342 g/mol. The van der Waals surface area contributed by atoms with E-state index in [1.54, 1.807) is 12.1 Å². The summed E-state index contributed by atoms with van der Waals surface area (Å²) in [5, 5.41) is 9.79. The van der Waals surface area contributed by atoms with E-state index in [1.165, 1.54) is 19.2 Å². The van der Waals surface area contributed by atoms with Gasteiger partial charge in [-0.2, -0.15) is 5.10 Å². The molecule has 8 nitrogen and oxygen atoms in total. The lowest BCUT2D eigenvalue weighted by molar-refractivity contribution is 0.250. The maximum absolute atomic E-state index is 12.1.